The molecular formula is C13H16INO2. The zero-order valence-electron chi connectivity index (χ0n) is 9.60. The molecule has 4 heteroatoms. The van der Waals surface area contributed by atoms with E-state index in [0.29, 0.717) is 13.0 Å². The highest BCUT2D eigenvalue weighted by atomic mass is 127. The van der Waals surface area contributed by atoms with E-state index in [1.165, 1.54) is 0 Å². The Morgan fingerprint density at radius 2 is 2.24 bits per heavy atom. The standard InChI is InChI=1S/C13H16INO2/c14-12-4-2-1-3-11(12)7-13(17)15-6-5-10(8-15)9-16/h1-4,10,16H,5-9H2/t10-/m1/s1. The first-order valence-electron chi connectivity index (χ1n) is 5.82. The van der Waals surface area contributed by atoms with E-state index in [9.17, 15) is 4.79 Å². The molecule has 2 rings (SSSR count). The number of aliphatic hydroxyl groups excluding tert-OH is 1. The molecule has 0 radical (unpaired) electrons. The highest BCUT2D eigenvalue weighted by Crippen LogP contribution is 2.18. The molecule has 1 heterocycles. The van der Waals surface area contributed by atoms with Gasteiger partial charge in [-0.1, -0.05) is 18.2 Å². The highest BCUT2D eigenvalue weighted by Gasteiger charge is 2.25. The lowest BCUT2D eigenvalue weighted by Crippen LogP contribution is -2.30. The normalized spacial score (nSPS) is 19.6. The van der Waals surface area contributed by atoms with Crippen LogP contribution in [0.5, 0.6) is 0 Å². The van der Waals surface area contributed by atoms with Gasteiger partial charge in [-0.15, -0.1) is 0 Å². The number of hydrogen-bond acceptors (Lipinski definition) is 2. The summed E-state index contributed by atoms with van der Waals surface area (Å²) in [5.74, 6) is 0.443. The van der Waals surface area contributed by atoms with Gasteiger partial charge in [-0.05, 0) is 40.6 Å². The molecule has 1 aromatic rings. The number of amides is 1. The van der Waals surface area contributed by atoms with Crippen LogP contribution in [0.3, 0.4) is 0 Å². The summed E-state index contributed by atoms with van der Waals surface area (Å²) >= 11 is 2.26. The summed E-state index contributed by atoms with van der Waals surface area (Å²) in [5, 5.41) is 9.06. The Morgan fingerprint density at radius 1 is 1.47 bits per heavy atom. The first kappa shape index (κ1) is 12.8. The Hall–Kier alpha value is -0.620. The van der Waals surface area contributed by atoms with Crippen LogP contribution in [-0.2, 0) is 11.2 Å². The minimum Gasteiger partial charge on any atom is -0.396 e. The van der Waals surface area contributed by atoms with Crippen LogP contribution >= 0.6 is 22.6 Å². The second-order valence-electron chi connectivity index (χ2n) is 4.45. The number of hydrogen-bond donors (Lipinski definition) is 1. The van der Waals surface area contributed by atoms with Gasteiger partial charge in [-0.3, -0.25) is 4.79 Å². The second kappa shape index (κ2) is 5.82. The lowest BCUT2D eigenvalue weighted by atomic mass is 10.1. The van der Waals surface area contributed by atoms with E-state index < -0.39 is 0 Å². The van der Waals surface area contributed by atoms with Crippen molar-refractivity contribution in [3.05, 3.63) is 33.4 Å². The maximum atomic E-state index is 12.1. The summed E-state index contributed by atoms with van der Waals surface area (Å²) in [7, 11) is 0. The van der Waals surface area contributed by atoms with Crippen molar-refractivity contribution >= 4 is 28.5 Å². The molecule has 1 aromatic carbocycles. The molecule has 0 unspecified atom stereocenters. The van der Waals surface area contributed by atoms with E-state index >= 15 is 0 Å². The van der Waals surface area contributed by atoms with Crippen LogP contribution in [0.15, 0.2) is 24.3 Å². The summed E-state index contributed by atoms with van der Waals surface area (Å²) < 4.78 is 1.14. The Morgan fingerprint density at radius 3 is 2.88 bits per heavy atom. The number of likely N-dealkylation sites (tertiary alicyclic amines) is 1. The number of aliphatic hydroxyl groups is 1. The van der Waals surface area contributed by atoms with Crippen molar-refractivity contribution in [1.29, 1.82) is 0 Å². The van der Waals surface area contributed by atoms with Gasteiger partial charge in [-0.2, -0.15) is 0 Å². The van der Waals surface area contributed by atoms with Crippen LogP contribution < -0.4 is 0 Å². The average Bonchev–Trinajstić information content (AvgIpc) is 2.81. The van der Waals surface area contributed by atoms with Crippen molar-refractivity contribution in [3.8, 4) is 0 Å². The lowest BCUT2D eigenvalue weighted by molar-refractivity contribution is -0.129. The topological polar surface area (TPSA) is 40.5 Å². The fourth-order valence-electron chi connectivity index (χ4n) is 2.12. The Kier molecular flexibility index (Phi) is 4.39. The third-order valence-corrected chi connectivity index (χ3v) is 4.25. The van der Waals surface area contributed by atoms with E-state index in [1.807, 2.05) is 29.2 Å². The highest BCUT2D eigenvalue weighted by molar-refractivity contribution is 14.1. The monoisotopic (exact) mass is 345 g/mol. The number of rotatable bonds is 3. The average molecular weight is 345 g/mol. The number of carbonyl (C=O) groups excluding carboxylic acids is 1. The predicted octanol–water partition coefficient (Wildman–Crippen LogP) is 1.67. The first-order valence-corrected chi connectivity index (χ1v) is 6.90. The number of carbonyl (C=O) groups is 1. The molecule has 1 saturated heterocycles. The summed E-state index contributed by atoms with van der Waals surface area (Å²) in [4.78, 5) is 13.9. The molecule has 1 amide bonds. The Balaban J connectivity index is 1.96. The summed E-state index contributed by atoms with van der Waals surface area (Å²) in [5.41, 5.74) is 1.09. The molecular weight excluding hydrogens is 329 g/mol. The van der Waals surface area contributed by atoms with Gasteiger partial charge in [0.05, 0.1) is 6.42 Å². The second-order valence-corrected chi connectivity index (χ2v) is 5.61. The zero-order chi connectivity index (χ0) is 12.3. The molecule has 1 aliphatic heterocycles. The third-order valence-electron chi connectivity index (χ3n) is 3.20. The van der Waals surface area contributed by atoms with Gasteiger partial charge in [0.25, 0.3) is 0 Å². The molecule has 0 saturated carbocycles. The van der Waals surface area contributed by atoms with Crippen LogP contribution in [0.4, 0.5) is 0 Å². The fraction of sp³-hybridized carbons (Fsp3) is 0.462. The van der Waals surface area contributed by atoms with Gasteiger partial charge < -0.3 is 10.0 Å². The van der Waals surface area contributed by atoms with Gasteiger partial charge in [0.15, 0.2) is 0 Å². The largest absolute Gasteiger partial charge is 0.396 e. The minimum absolute atomic E-state index is 0.171. The van der Waals surface area contributed by atoms with E-state index in [2.05, 4.69) is 22.6 Å². The molecule has 0 spiro atoms. The third kappa shape index (κ3) is 3.19. The summed E-state index contributed by atoms with van der Waals surface area (Å²) in [6.45, 7) is 1.68. The van der Waals surface area contributed by atoms with Gasteiger partial charge in [0, 0.05) is 29.2 Å². The Bertz CT molecular complexity index is 408. The predicted molar refractivity (Wildman–Crippen MR) is 74.6 cm³/mol. The maximum absolute atomic E-state index is 12.1. The van der Waals surface area contributed by atoms with Crippen molar-refractivity contribution in [2.24, 2.45) is 5.92 Å². The van der Waals surface area contributed by atoms with Crippen molar-refractivity contribution in [2.75, 3.05) is 19.7 Å². The van der Waals surface area contributed by atoms with Crippen LogP contribution in [0, 0.1) is 9.49 Å². The quantitative estimate of drug-likeness (QED) is 0.847. The fourth-order valence-corrected chi connectivity index (χ4v) is 2.70. The molecule has 0 aromatic heterocycles. The molecule has 1 N–H and O–H groups in total. The summed E-state index contributed by atoms with van der Waals surface area (Å²) in [6.07, 6.45) is 1.39. The maximum Gasteiger partial charge on any atom is 0.227 e. The van der Waals surface area contributed by atoms with Gasteiger partial charge >= 0.3 is 0 Å². The molecule has 1 aliphatic rings. The first-order chi connectivity index (χ1) is 8.20. The van der Waals surface area contributed by atoms with Crippen molar-refractivity contribution in [2.45, 2.75) is 12.8 Å². The van der Waals surface area contributed by atoms with Crippen molar-refractivity contribution in [1.82, 2.24) is 4.90 Å². The molecule has 0 bridgehead atoms. The van der Waals surface area contributed by atoms with Gasteiger partial charge in [0.1, 0.15) is 0 Å². The van der Waals surface area contributed by atoms with E-state index in [1.54, 1.807) is 0 Å². The molecule has 0 aliphatic carbocycles. The molecule has 3 nitrogen and oxygen atoms in total. The molecule has 1 fully saturated rings. The molecule has 17 heavy (non-hydrogen) atoms. The van der Waals surface area contributed by atoms with Crippen LogP contribution in [0.25, 0.3) is 0 Å². The van der Waals surface area contributed by atoms with Crippen molar-refractivity contribution < 1.29 is 9.90 Å². The number of halogens is 1. The van der Waals surface area contributed by atoms with Crippen molar-refractivity contribution in [3.63, 3.8) is 0 Å². The van der Waals surface area contributed by atoms with E-state index in [4.69, 9.17) is 5.11 Å². The van der Waals surface area contributed by atoms with Gasteiger partial charge in [0.2, 0.25) is 5.91 Å². The SMILES string of the molecule is O=C(Cc1ccccc1I)N1CC[C@@H](CO)C1. The smallest absolute Gasteiger partial charge is 0.227 e. The van der Waals surface area contributed by atoms with Crippen LogP contribution in [0.1, 0.15) is 12.0 Å². The lowest BCUT2D eigenvalue weighted by Gasteiger charge is -2.16. The summed E-state index contributed by atoms with van der Waals surface area (Å²) in [6, 6.07) is 7.96. The molecule has 1 atom stereocenters. The van der Waals surface area contributed by atoms with Crippen LogP contribution in [-0.4, -0.2) is 35.6 Å². The number of nitrogens with zero attached hydrogens (tertiary/aromatic N) is 1. The zero-order valence-corrected chi connectivity index (χ0v) is 11.8. The minimum atomic E-state index is 0.171. The van der Waals surface area contributed by atoms with E-state index in [-0.39, 0.29) is 18.4 Å². The Labute approximate surface area is 115 Å². The van der Waals surface area contributed by atoms with Gasteiger partial charge in [-0.25, -0.2) is 0 Å². The number of benzene rings is 1. The van der Waals surface area contributed by atoms with E-state index in [0.717, 1.165) is 22.1 Å². The van der Waals surface area contributed by atoms with Crippen LogP contribution in [0.2, 0.25) is 0 Å². The molecule has 92 valence electrons.